The Balaban J connectivity index is 1.39. The number of hydrogen-bond donors (Lipinski definition) is 0. The number of carbonyl (C=O) groups is 2. The van der Waals surface area contributed by atoms with E-state index in [0.29, 0.717) is 36.9 Å². The SMILES string of the molecule is O=C([C@H]1CC(=O)N(c2ccc(F)c(Cl)c2)C1)N1CCN(c2ccccc2Cl)CC1. The van der Waals surface area contributed by atoms with Crippen molar-refractivity contribution in [2.75, 3.05) is 42.5 Å². The number of para-hydroxylation sites is 1. The van der Waals surface area contributed by atoms with Gasteiger partial charge in [-0.05, 0) is 30.3 Å². The van der Waals surface area contributed by atoms with E-state index in [-0.39, 0.29) is 29.8 Å². The second-order valence-electron chi connectivity index (χ2n) is 7.27. The van der Waals surface area contributed by atoms with Crippen molar-refractivity contribution in [3.63, 3.8) is 0 Å². The summed E-state index contributed by atoms with van der Waals surface area (Å²) in [4.78, 5) is 30.9. The number of halogens is 3. The molecule has 2 saturated heterocycles. The Morgan fingerprint density at radius 1 is 1.00 bits per heavy atom. The number of hydrogen-bond acceptors (Lipinski definition) is 3. The summed E-state index contributed by atoms with van der Waals surface area (Å²) in [5, 5.41) is 0.656. The molecular formula is C21H20Cl2FN3O2. The molecule has 2 aliphatic rings. The van der Waals surface area contributed by atoms with Gasteiger partial charge < -0.3 is 14.7 Å². The van der Waals surface area contributed by atoms with Crippen molar-refractivity contribution in [1.29, 1.82) is 0 Å². The normalized spacial score (nSPS) is 19.8. The molecule has 0 aliphatic carbocycles. The van der Waals surface area contributed by atoms with E-state index in [1.807, 2.05) is 29.2 Å². The van der Waals surface area contributed by atoms with Crippen LogP contribution in [0.4, 0.5) is 15.8 Å². The number of amides is 2. The first-order valence-corrected chi connectivity index (χ1v) is 10.2. The fourth-order valence-electron chi connectivity index (χ4n) is 3.91. The Hall–Kier alpha value is -2.31. The van der Waals surface area contributed by atoms with Crippen molar-refractivity contribution in [3.8, 4) is 0 Å². The number of nitrogens with zero attached hydrogens (tertiary/aromatic N) is 3. The third-order valence-electron chi connectivity index (χ3n) is 5.47. The molecule has 1 atom stereocenters. The second-order valence-corrected chi connectivity index (χ2v) is 8.08. The van der Waals surface area contributed by atoms with Crippen molar-refractivity contribution in [1.82, 2.24) is 4.90 Å². The molecule has 2 aromatic carbocycles. The zero-order valence-electron chi connectivity index (χ0n) is 15.7. The Bertz CT molecular complexity index is 947. The van der Waals surface area contributed by atoms with Crippen LogP contribution in [0.2, 0.25) is 10.0 Å². The monoisotopic (exact) mass is 435 g/mol. The highest BCUT2D eigenvalue weighted by Crippen LogP contribution is 2.30. The highest BCUT2D eigenvalue weighted by molar-refractivity contribution is 6.33. The van der Waals surface area contributed by atoms with Crippen molar-refractivity contribution in [2.45, 2.75) is 6.42 Å². The van der Waals surface area contributed by atoms with Crippen molar-refractivity contribution in [2.24, 2.45) is 5.92 Å². The average Bonchev–Trinajstić information content (AvgIpc) is 3.12. The maximum Gasteiger partial charge on any atom is 0.228 e. The maximum absolute atomic E-state index is 13.4. The van der Waals surface area contributed by atoms with Crippen LogP contribution in [-0.4, -0.2) is 49.4 Å². The van der Waals surface area contributed by atoms with Crippen LogP contribution in [0.15, 0.2) is 42.5 Å². The Morgan fingerprint density at radius 3 is 2.41 bits per heavy atom. The first-order valence-electron chi connectivity index (χ1n) is 9.47. The van der Waals surface area contributed by atoms with Gasteiger partial charge >= 0.3 is 0 Å². The van der Waals surface area contributed by atoms with Gasteiger partial charge in [0.1, 0.15) is 5.82 Å². The van der Waals surface area contributed by atoms with Crippen LogP contribution in [-0.2, 0) is 9.59 Å². The predicted molar refractivity (Wildman–Crippen MR) is 112 cm³/mol. The first kappa shape index (κ1) is 20.0. The van der Waals surface area contributed by atoms with Gasteiger partial charge in [0.25, 0.3) is 0 Å². The lowest BCUT2D eigenvalue weighted by Gasteiger charge is -2.37. The zero-order valence-corrected chi connectivity index (χ0v) is 17.2. The number of piperazine rings is 1. The van der Waals surface area contributed by atoms with Crippen LogP contribution in [0.5, 0.6) is 0 Å². The fraction of sp³-hybridized carbons (Fsp3) is 0.333. The number of rotatable bonds is 3. The molecule has 2 aliphatic heterocycles. The van der Waals surface area contributed by atoms with Gasteiger partial charge in [-0.25, -0.2) is 4.39 Å². The van der Waals surface area contributed by atoms with E-state index in [4.69, 9.17) is 23.2 Å². The summed E-state index contributed by atoms with van der Waals surface area (Å²) < 4.78 is 13.4. The summed E-state index contributed by atoms with van der Waals surface area (Å²) in [7, 11) is 0. The number of carbonyl (C=O) groups excluding carboxylic acids is 2. The van der Waals surface area contributed by atoms with Crippen molar-refractivity contribution >= 4 is 46.4 Å². The Labute approximate surface area is 178 Å². The smallest absolute Gasteiger partial charge is 0.228 e. The van der Waals surface area contributed by atoms with Crippen LogP contribution in [0, 0.1) is 11.7 Å². The van der Waals surface area contributed by atoms with Crippen molar-refractivity contribution < 1.29 is 14.0 Å². The van der Waals surface area contributed by atoms with Gasteiger partial charge in [-0.3, -0.25) is 9.59 Å². The highest BCUT2D eigenvalue weighted by Gasteiger charge is 2.38. The standard InChI is InChI=1S/C21H20Cl2FN3O2/c22-16-3-1-2-4-19(16)25-7-9-26(10-8-25)21(29)14-11-20(28)27(13-14)15-5-6-18(24)17(23)12-15/h1-6,12,14H,7-11,13H2/t14-/m0/s1. The van der Waals surface area contributed by atoms with E-state index in [9.17, 15) is 14.0 Å². The quantitative estimate of drug-likeness (QED) is 0.735. The third-order valence-corrected chi connectivity index (χ3v) is 6.08. The fourth-order valence-corrected chi connectivity index (χ4v) is 4.34. The molecule has 8 heteroatoms. The summed E-state index contributed by atoms with van der Waals surface area (Å²) in [6, 6.07) is 11.8. The highest BCUT2D eigenvalue weighted by atomic mass is 35.5. The first-order chi connectivity index (χ1) is 13.9. The lowest BCUT2D eigenvalue weighted by Crippen LogP contribution is -2.50. The molecule has 5 nitrogen and oxygen atoms in total. The van der Waals surface area contributed by atoms with Gasteiger partial charge in [-0.15, -0.1) is 0 Å². The molecule has 2 amide bonds. The number of benzene rings is 2. The minimum atomic E-state index is -0.536. The van der Waals surface area contributed by atoms with Gasteiger partial charge in [0.05, 0.1) is 21.7 Å². The van der Waals surface area contributed by atoms with Gasteiger partial charge in [0.15, 0.2) is 0 Å². The molecule has 2 aromatic rings. The Morgan fingerprint density at radius 2 is 1.72 bits per heavy atom. The predicted octanol–water partition coefficient (Wildman–Crippen LogP) is 3.83. The van der Waals surface area contributed by atoms with E-state index in [1.165, 1.54) is 23.1 Å². The molecule has 0 aromatic heterocycles. The molecule has 0 spiro atoms. The number of anilines is 2. The largest absolute Gasteiger partial charge is 0.367 e. The molecule has 0 unspecified atom stereocenters. The summed E-state index contributed by atoms with van der Waals surface area (Å²) in [5.74, 6) is -1.11. The maximum atomic E-state index is 13.4. The summed E-state index contributed by atoms with van der Waals surface area (Å²) in [6.07, 6.45) is 0.151. The summed E-state index contributed by atoms with van der Waals surface area (Å²) in [5.41, 5.74) is 1.48. The second kappa shape index (κ2) is 8.20. The van der Waals surface area contributed by atoms with Gasteiger partial charge in [0, 0.05) is 44.8 Å². The molecule has 0 bridgehead atoms. The molecule has 2 fully saturated rings. The minimum absolute atomic E-state index is 0.0205. The topological polar surface area (TPSA) is 43.9 Å². The summed E-state index contributed by atoms with van der Waals surface area (Å²) in [6.45, 7) is 2.82. The Kier molecular flexibility index (Phi) is 5.65. The van der Waals surface area contributed by atoms with Gasteiger partial charge in [0.2, 0.25) is 11.8 Å². The van der Waals surface area contributed by atoms with Crippen LogP contribution in [0.1, 0.15) is 6.42 Å². The molecule has 0 N–H and O–H groups in total. The lowest BCUT2D eigenvalue weighted by atomic mass is 10.1. The molecule has 29 heavy (non-hydrogen) atoms. The molecule has 0 radical (unpaired) electrons. The van der Waals surface area contributed by atoms with Crippen LogP contribution < -0.4 is 9.80 Å². The van der Waals surface area contributed by atoms with Crippen LogP contribution in [0.3, 0.4) is 0 Å². The molecule has 4 rings (SSSR count). The lowest BCUT2D eigenvalue weighted by molar-refractivity contribution is -0.136. The van der Waals surface area contributed by atoms with E-state index < -0.39 is 11.7 Å². The van der Waals surface area contributed by atoms with E-state index >= 15 is 0 Å². The third kappa shape index (κ3) is 4.05. The van der Waals surface area contributed by atoms with Crippen molar-refractivity contribution in [3.05, 3.63) is 58.3 Å². The summed E-state index contributed by atoms with van der Waals surface area (Å²) >= 11 is 12.1. The van der Waals surface area contributed by atoms with Crippen LogP contribution >= 0.6 is 23.2 Å². The molecule has 152 valence electrons. The average molecular weight is 436 g/mol. The van der Waals surface area contributed by atoms with E-state index in [1.54, 1.807) is 0 Å². The van der Waals surface area contributed by atoms with Gasteiger partial charge in [-0.2, -0.15) is 0 Å². The molecule has 0 saturated carbocycles. The van der Waals surface area contributed by atoms with E-state index in [0.717, 1.165) is 5.69 Å². The zero-order chi connectivity index (χ0) is 20.5. The van der Waals surface area contributed by atoms with Crippen LogP contribution in [0.25, 0.3) is 0 Å². The molecule has 2 heterocycles. The van der Waals surface area contributed by atoms with Gasteiger partial charge in [-0.1, -0.05) is 35.3 Å². The minimum Gasteiger partial charge on any atom is -0.367 e. The van der Waals surface area contributed by atoms with E-state index in [2.05, 4.69) is 4.90 Å². The molecular weight excluding hydrogens is 416 g/mol.